The summed E-state index contributed by atoms with van der Waals surface area (Å²) < 4.78 is 0. The van der Waals surface area contributed by atoms with Gasteiger partial charge in [0.05, 0.1) is 0 Å². The van der Waals surface area contributed by atoms with E-state index in [-0.39, 0.29) is 5.92 Å². The molecule has 0 aliphatic heterocycles. The van der Waals surface area contributed by atoms with Crippen LogP contribution in [0, 0.1) is 0 Å². The molecule has 0 heterocycles. The zero-order valence-electron chi connectivity index (χ0n) is 53.0. The van der Waals surface area contributed by atoms with Gasteiger partial charge in [-0.1, -0.05) is 291 Å². The highest BCUT2D eigenvalue weighted by molar-refractivity contribution is 6.23. The number of benzene rings is 16. The van der Waals surface area contributed by atoms with Crippen LogP contribution < -0.4 is 14.7 Å². The molecule has 0 aliphatic rings. The van der Waals surface area contributed by atoms with E-state index in [1.165, 1.54) is 38.9 Å². The summed E-state index contributed by atoms with van der Waals surface area (Å²) >= 11 is 0. The molecule has 0 bridgehead atoms. The summed E-state index contributed by atoms with van der Waals surface area (Å²) in [5.41, 5.74) is 24.9. The number of nitrogens with zero attached hydrogens (tertiary/aromatic N) is 3. The lowest BCUT2D eigenvalue weighted by Crippen LogP contribution is -2.10. The molecule has 0 unspecified atom stereocenters. The molecule has 0 aliphatic carbocycles. The minimum absolute atomic E-state index is 0.0370. The van der Waals surface area contributed by atoms with E-state index in [1.807, 2.05) is 0 Å². The van der Waals surface area contributed by atoms with Crippen LogP contribution in [-0.2, 0) is 0 Å². The lowest BCUT2D eigenvalue weighted by molar-refractivity contribution is 0.978. The van der Waals surface area contributed by atoms with Crippen LogP contribution in [0.3, 0.4) is 0 Å². The smallest absolute Gasteiger partial charge is 0.0468 e. The fourth-order valence-corrected chi connectivity index (χ4v) is 14.0. The van der Waals surface area contributed by atoms with Gasteiger partial charge in [-0.15, -0.1) is 0 Å². The fourth-order valence-electron chi connectivity index (χ4n) is 14.0. The van der Waals surface area contributed by atoms with Crippen molar-refractivity contribution in [2.24, 2.45) is 0 Å². The standard InChI is InChI=1S/C93H67N3/c1-9-25-67(26-10-1)70-45-53-82(54-46-70)95(80-39-23-8-24-40-80)85-61-63-87-90(65-85)93(77-51-59-81(60-52-77)94(78-35-19-6-20-36-78)79-37-21-7-22-38-79)88-64-62-86(66-89(88)92(87)76-43-41-75(42-44-76)91(73-31-15-4-16-32-73)74-33-17-5-18-34-74)96(83-55-47-71(48-56-83)68-27-11-2-12-28-68)84-57-49-72(50-58-84)69-29-13-3-14-30-69/h1-66,91H. The Morgan fingerprint density at radius 3 is 0.656 bits per heavy atom. The molecule has 0 N–H and O–H groups in total. The highest BCUT2D eigenvalue weighted by Gasteiger charge is 2.25. The summed E-state index contributed by atoms with van der Waals surface area (Å²) in [6.07, 6.45) is 0. The molecule has 3 nitrogen and oxygen atoms in total. The molecule has 0 saturated heterocycles. The second-order valence-electron chi connectivity index (χ2n) is 24.4. The van der Waals surface area contributed by atoms with Gasteiger partial charge < -0.3 is 14.7 Å². The van der Waals surface area contributed by atoms with Crippen molar-refractivity contribution in [3.63, 3.8) is 0 Å². The van der Waals surface area contributed by atoms with E-state index < -0.39 is 0 Å². The Balaban J connectivity index is 0.950. The molecule has 96 heavy (non-hydrogen) atoms. The van der Waals surface area contributed by atoms with Gasteiger partial charge in [0.2, 0.25) is 0 Å². The van der Waals surface area contributed by atoms with Gasteiger partial charge in [0.25, 0.3) is 0 Å². The molecule has 16 aromatic rings. The third kappa shape index (κ3) is 11.8. The molecule has 3 heteroatoms. The predicted octanol–water partition coefficient (Wildman–Crippen LogP) is 25.9. The Bertz CT molecular complexity index is 5090. The Hall–Kier alpha value is -12.6. The lowest BCUT2D eigenvalue weighted by atomic mass is 9.83. The fraction of sp³-hybridized carbons (Fsp3) is 0.0108. The molecule has 16 aromatic carbocycles. The van der Waals surface area contributed by atoms with E-state index in [1.54, 1.807) is 0 Å². The second kappa shape index (κ2) is 26.6. The van der Waals surface area contributed by atoms with Crippen molar-refractivity contribution in [2.45, 2.75) is 5.92 Å². The van der Waals surface area contributed by atoms with Gasteiger partial charge in [0, 0.05) is 57.1 Å². The van der Waals surface area contributed by atoms with Crippen molar-refractivity contribution in [3.05, 3.63) is 417 Å². The van der Waals surface area contributed by atoms with E-state index in [0.717, 1.165) is 106 Å². The zero-order valence-corrected chi connectivity index (χ0v) is 53.0. The van der Waals surface area contributed by atoms with E-state index in [9.17, 15) is 0 Å². The SMILES string of the molecule is c1ccc(-c2ccc(N(c3ccccc3)c3ccc4c(-c5ccc(C(c6ccccc6)c6ccccc6)cc5)c5cc(N(c6ccc(-c7ccccc7)cc6)c6ccc(-c7ccccc7)cc6)ccc5c(-c5ccc(N(c6ccccc6)c6ccccc6)cc5)c4c3)cc2)cc1. The summed E-state index contributed by atoms with van der Waals surface area (Å²) in [6, 6.07) is 146. The molecule has 16 rings (SSSR count). The average Bonchev–Trinajstić information content (AvgIpc) is 0.724. The highest BCUT2D eigenvalue weighted by atomic mass is 15.2. The van der Waals surface area contributed by atoms with Gasteiger partial charge in [-0.25, -0.2) is 0 Å². The van der Waals surface area contributed by atoms with Crippen molar-refractivity contribution in [1.82, 2.24) is 0 Å². The number of fused-ring (bicyclic) bond motifs is 2. The quantitative estimate of drug-likeness (QED) is 0.0665. The van der Waals surface area contributed by atoms with Crippen LogP contribution in [0.15, 0.2) is 400 Å². The molecular formula is C93H67N3. The maximum atomic E-state index is 2.45. The molecule has 0 radical (unpaired) electrons. The Morgan fingerprint density at radius 2 is 0.354 bits per heavy atom. The normalized spacial score (nSPS) is 11.2. The monoisotopic (exact) mass is 1230 g/mol. The maximum Gasteiger partial charge on any atom is 0.0468 e. The summed E-state index contributed by atoms with van der Waals surface area (Å²) in [5.74, 6) is 0.0370. The van der Waals surface area contributed by atoms with Gasteiger partial charge in [0.15, 0.2) is 0 Å². The van der Waals surface area contributed by atoms with Crippen LogP contribution >= 0.6 is 0 Å². The van der Waals surface area contributed by atoms with Crippen molar-refractivity contribution < 1.29 is 0 Å². The predicted molar refractivity (Wildman–Crippen MR) is 407 cm³/mol. The van der Waals surface area contributed by atoms with Gasteiger partial charge in [-0.3, -0.25) is 0 Å². The first-order valence-electron chi connectivity index (χ1n) is 33.0. The van der Waals surface area contributed by atoms with E-state index in [0.29, 0.717) is 0 Å². The average molecular weight is 1230 g/mol. The van der Waals surface area contributed by atoms with Crippen molar-refractivity contribution in [1.29, 1.82) is 0 Å². The third-order valence-electron chi connectivity index (χ3n) is 18.6. The van der Waals surface area contributed by atoms with Crippen LogP contribution in [0.2, 0.25) is 0 Å². The minimum Gasteiger partial charge on any atom is -0.311 e. The second-order valence-corrected chi connectivity index (χ2v) is 24.4. The van der Waals surface area contributed by atoms with Gasteiger partial charge in [-0.05, 0) is 203 Å². The van der Waals surface area contributed by atoms with Crippen molar-refractivity contribution in [2.75, 3.05) is 14.7 Å². The minimum atomic E-state index is 0.0370. The third-order valence-corrected chi connectivity index (χ3v) is 18.6. The number of rotatable bonds is 17. The largest absolute Gasteiger partial charge is 0.311 e. The van der Waals surface area contributed by atoms with E-state index >= 15 is 0 Å². The molecule has 0 fully saturated rings. The van der Waals surface area contributed by atoms with Gasteiger partial charge in [-0.2, -0.15) is 0 Å². The van der Waals surface area contributed by atoms with Gasteiger partial charge >= 0.3 is 0 Å². The number of hydrogen-bond donors (Lipinski definition) is 0. The lowest BCUT2D eigenvalue weighted by Gasteiger charge is -2.29. The molecule has 0 spiro atoms. The van der Waals surface area contributed by atoms with Crippen LogP contribution in [-0.4, -0.2) is 0 Å². The summed E-state index contributed by atoms with van der Waals surface area (Å²) in [4.78, 5) is 7.16. The summed E-state index contributed by atoms with van der Waals surface area (Å²) in [7, 11) is 0. The molecule has 454 valence electrons. The van der Waals surface area contributed by atoms with Crippen molar-refractivity contribution >= 4 is 72.7 Å². The van der Waals surface area contributed by atoms with Gasteiger partial charge in [0.1, 0.15) is 0 Å². The Morgan fingerprint density at radius 1 is 0.146 bits per heavy atom. The van der Waals surface area contributed by atoms with E-state index in [4.69, 9.17) is 0 Å². The first kappa shape index (κ1) is 58.5. The molecule has 0 saturated carbocycles. The summed E-state index contributed by atoms with van der Waals surface area (Å²) in [6.45, 7) is 0. The van der Waals surface area contributed by atoms with Crippen LogP contribution in [0.1, 0.15) is 22.6 Å². The zero-order chi connectivity index (χ0) is 64.0. The molecular weight excluding hydrogens is 1160 g/mol. The Labute approximate surface area is 562 Å². The summed E-state index contributed by atoms with van der Waals surface area (Å²) in [5, 5.41) is 4.56. The van der Waals surface area contributed by atoms with Crippen molar-refractivity contribution in [3.8, 4) is 55.6 Å². The number of hydrogen-bond acceptors (Lipinski definition) is 3. The highest BCUT2D eigenvalue weighted by Crippen LogP contribution is 2.50. The van der Waals surface area contributed by atoms with Crippen LogP contribution in [0.25, 0.3) is 77.2 Å². The number of para-hydroxylation sites is 3. The van der Waals surface area contributed by atoms with E-state index in [2.05, 4.69) is 415 Å². The van der Waals surface area contributed by atoms with Crippen LogP contribution in [0.5, 0.6) is 0 Å². The maximum absolute atomic E-state index is 2.45. The topological polar surface area (TPSA) is 9.72 Å². The Kier molecular flexibility index (Phi) is 16.2. The first-order valence-corrected chi connectivity index (χ1v) is 33.0. The number of anilines is 9. The molecule has 0 atom stereocenters. The van der Waals surface area contributed by atoms with Crippen LogP contribution in [0.4, 0.5) is 51.2 Å². The molecule has 0 aromatic heterocycles. The molecule has 0 amide bonds. The first-order chi connectivity index (χ1) is 47.6.